The summed E-state index contributed by atoms with van der Waals surface area (Å²) in [5.41, 5.74) is 1.35. The predicted molar refractivity (Wildman–Crippen MR) is 135 cm³/mol. The SMILES string of the molecule is CNCCc1cc(Br)c(OCCCN=CC2=C(O)[C@@H]3[C@H](C2=O)[C@H]2C(O)[C@@H]3C(=O)[C@H]2Br)c(Br)c1. The largest absolute Gasteiger partial charge is 0.511 e. The molecule has 6 atom stereocenters. The van der Waals surface area contributed by atoms with Crippen molar-refractivity contribution >= 4 is 65.6 Å². The van der Waals surface area contributed by atoms with Gasteiger partial charge in [0, 0.05) is 36.9 Å². The minimum Gasteiger partial charge on any atom is -0.511 e. The number of hydrogen-bond donors (Lipinski definition) is 3. The highest BCUT2D eigenvalue weighted by molar-refractivity contribution is 9.11. The number of fused-ring (bicyclic) bond motifs is 5. The molecule has 1 aromatic rings. The van der Waals surface area contributed by atoms with Crippen LogP contribution in [0.1, 0.15) is 12.0 Å². The zero-order chi connectivity index (χ0) is 23.9. The molecule has 1 unspecified atom stereocenters. The average Bonchev–Trinajstić information content (AvgIpc) is 3.28. The van der Waals surface area contributed by atoms with Crippen LogP contribution in [0, 0.1) is 23.7 Å². The highest BCUT2D eigenvalue weighted by Gasteiger charge is 2.68. The maximum absolute atomic E-state index is 12.9. The van der Waals surface area contributed by atoms with E-state index in [1.165, 1.54) is 11.8 Å². The molecule has 0 aromatic heterocycles. The minimum atomic E-state index is -0.894. The number of aliphatic hydroxyl groups is 2. The number of carbonyl (C=O) groups is 2. The van der Waals surface area contributed by atoms with Crippen molar-refractivity contribution in [2.24, 2.45) is 28.7 Å². The van der Waals surface area contributed by atoms with Gasteiger partial charge in [-0.2, -0.15) is 0 Å². The number of nitrogens with one attached hydrogen (secondary N) is 1. The fraction of sp³-hybridized carbons (Fsp3) is 0.522. The molecule has 0 amide bonds. The van der Waals surface area contributed by atoms with Crippen LogP contribution in [0.15, 0.2) is 37.4 Å². The number of aliphatic hydroxyl groups excluding tert-OH is 2. The molecular formula is C23H25Br3N2O5. The maximum atomic E-state index is 12.9. The summed E-state index contributed by atoms with van der Waals surface area (Å²) >= 11 is 10.4. The Labute approximate surface area is 217 Å². The van der Waals surface area contributed by atoms with Crippen LogP contribution < -0.4 is 10.1 Å². The van der Waals surface area contributed by atoms with Crippen molar-refractivity contribution in [2.75, 3.05) is 26.7 Å². The van der Waals surface area contributed by atoms with Gasteiger partial charge in [-0.3, -0.25) is 14.6 Å². The standard InChI is InChI=1S/C23H25Br3N2O5/c1-27-5-3-10-7-12(24)23(13(25)8-10)33-6-2-4-28-9-11-19(29)14-15(20(11)30)17-21(31)16(14)18(26)22(17)32/h7-9,14-18,21,27,30-31H,2-6H2,1H3/t14-,15+,16+,17+,18-,21?/m0/s1. The molecule has 33 heavy (non-hydrogen) atoms. The molecule has 0 radical (unpaired) electrons. The van der Waals surface area contributed by atoms with E-state index in [1.807, 2.05) is 19.2 Å². The number of aliphatic imine (C=N–C) groups is 1. The first kappa shape index (κ1) is 25.0. The van der Waals surface area contributed by atoms with Gasteiger partial charge in [0.2, 0.25) is 0 Å². The molecule has 2 fully saturated rings. The zero-order valence-electron chi connectivity index (χ0n) is 17.9. The van der Waals surface area contributed by atoms with E-state index < -0.39 is 34.6 Å². The Balaban J connectivity index is 1.31. The number of halogens is 3. The quantitative estimate of drug-likeness (QED) is 0.215. The number of hydrogen-bond acceptors (Lipinski definition) is 7. The van der Waals surface area contributed by atoms with Crippen molar-refractivity contribution in [3.63, 3.8) is 0 Å². The van der Waals surface area contributed by atoms with Crippen LogP contribution in [0.4, 0.5) is 0 Å². The fourth-order valence-electron chi connectivity index (χ4n) is 5.14. The van der Waals surface area contributed by atoms with Gasteiger partial charge < -0.3 is 20.3 Å². The Morgan fingerprint density at radius 2 is 1.88 bits per heavy atom. The number of Topliss-reactive ketones (excluding diaryl/α,β-unsaturated/α-hetero) is 2. The van der Waals surface area contributed by atoms with Gasteiger partial charge in [-0.15, -0.1) is 0 Å². The first-order chi connectivity index (χ1) is 15.8. The monoisotopic (exact) mass is 646 g/mol. The molecule has 2 bridgehead atoms. The molecule has 10 heteroatoms. The second kappa shape index (κ2) is 10.3. The van der Waals surface area contributed by atoms with Gasteiger partial charge >= 0.3 is 0 Å². The first-order valence-corrected chi connectivity index (χ1v) is 13.4. The first-order valence-electron chi connectivity index (χ1n) is 10.9. The van der Waals surface area contributed by atoms with Crippen molar-refractivity contribution in [1.82, 2.24) is 5.32 Å². The summed E-state index contributed by atoms with van der Waals surface area (Å²) in [6.45, 7) is 1.75. The number of likely N-dealkylation sites (N-methyl/N-ethyl adjacent to an activating group) is 1. The molecule has 3 aliphatic carbocycles. The Bertz CT molecular complexity index is 1000. The third-order valence-electron chi connectivity index (χ3n) is 6.67. The van der Waals surface area contributed by atoms with E-state index in [4.69, 9.17) is 4.74 Å². The lowest BCUT2D eigenvalue weighted by atomic mass is 9.79. The molecule has 0 spiro atoms. The van der Waals surface area contributed by atoms with E-state index in [2.05, 4.69) is 58.1 Å². The number of alkyl halides is 1. The van der Waals surface area contributed by atoms with Gasteiger partial charge in [-0.25, -0.2) is 0 Å². The number of nitrogens with zero attached hydrogens (tertiary/aromatic N) is 1. The zero-order valence-corrected chi connectivity index (χ0v) is 22.7. The number of carbonyl (C=O) groups excluding carboxylic acids is 2. The predicted octanol–water partition coefficient (Wildman–Crippen LogP) is 3.39. The van der Waals surface area contributed by atoms with E-state index in [1.54, 1.807) is 0 Å². The van der Waals surface area contributed by atoms with Gasteiger partial charge in [0.25, 0.3) is 0 Å². The molecule has 0 saturated heterocycles. The topological polar surface area (TPSA) is 108 Å². The lowest BCUT2D eigenvalue weighted by Gasteiger charge is -2.25. The van der Waals surface area contributed by atoms with Crippen molar-refractivity contribution < 1.29 is 24.5 Å². The molecule has 4 rings (SSSR count). The lowest BCUT2D eigenvalue weighted by Crippen LogP contribution is -2.37. The molecule has 1 aromatic carbocycles. The second-order valence-corrected chi connectivity index (χ2v) is 11.3. The second-order valence-electron chi connectivity index (χ2n) is 8.59. The average molecular weight is 649 g/mol. The van der Waals surface area contributed by atoms with E-state index in [9.17, 15) is 19.8 Å². The number of benzene rings is 1. The summed E-state index contributed by atoms with van der Waals surface area (Å²) in [6, 6.07) is 4.08. The van der Waals surface area contributed by atoms with E-state index in [-0.39, 0.29) is 22.9 Å². The van der Waals surface area contributed by atoms with Crippen LogP contribution in [0.3, 0.4) is 0 Å². The number of allylic oxidation sites excluding steroid dienone is 2. The molecule has 7 nitrogen and oxygen atoms in total. The summed E-state index contributed by atoms with van der Waals surface area (Å²) in [6.07, 6.45) is 2.04. The van der Waals surface area contributed by atoms with Gasteiger partial charge in [-0.1, -0.05) is 15.9 Å². The molecule has 3 N–H and O–H groups in total. The molecule has 0 heterocycles. The van der Waals surface area contributed by atoms with Crippen molar-refractivity contribution in [2.45, 2.75) is 23.8 Å². The smallest absolute Gasteiger partial charge is 0.172 e. The minimum absolute atomic E-state index is 0.115. The molecule has 2 saturated carbocycles. The molecule has 178 valence electrons. The molecular weight excluding hydrogens is 624 g/mol. The van der Waals surface area contributed by atoms with Crippen LogP contribution >= 0.6 is 47.8 Å². The Morgan fingerprint density at radius 3 is 2.55 bits per heavy atom. The fourth-order valence-corrected chi connectivity index (χ4v) is 7.60. The number of rotatable bonds is 9. The Kier molecular flexibility index (Phi) is 7.79. The van der Waals surface area contributed by atoms with Gasteiger partial charge in [0.05, 0.1) is 38.0 Å². The van der Waals surface area contributed by atoms with Gasteiger partial charge in [0.15, 0.2) is 11.6 Å². The summed E-state index contributed by atoms with van der Waals surface area (Å²) in [4.78, 5) is 29.0. The third-order valence-corrected chi connectivity index (χ3v) is 8.91. The summed E-state index contributed by atoms with van der Waals surface area (Å²) in [7, 11) is 1.92. The molecule has 0 aliphatic heterocycles. The van der Waals surface area contributed by atoms with Crippen molar-refractivity contribution in [3.05, 3.63) is 38.0 Å². The highest BCUT2D eigenvalue weighted by Crippen LogP contribution is 2.58. The Hall–Kier alpha value is -1.07. The summed E-state index contributed by atoms with van der Waals surface area (Å²) in [5.74, 6) is -2.19. The van der Waals surface area contributed by atoms with Gasteiger partial charge in [0.1, 0.15) is 11.5 Å². The number of ether oxygens (including phenoxy) is 1. The number of ketones is 2. The van der Waals surface area contributed by atoms with Crippen LogP contribution in [-0.4, -0.2) is 65.7 Å². The third kappa shape index (κ3) is 4.49. The lowest BCUT2D eigenvalue weighted by molar-refractivity contribution is -0.126. The molecule has 3 aliphatic rings. The van der Waals surface area contributed by atoms with Crippen molar-refractivity contribution in [3.8, 4) is 5.75 Å². The van der Waals surface area contributed by atoms with Crippen molar-refractivity contribution in [1.29, 1.82) is 0 Å². The summed E-state index contributed by atoms with van der Waals surface area (Å²) < 4.78 is 7.64. The van der Waals surface area contributed by atoms with E-state index in [0.717, 1.165) is 27.7 Å². The van der Waals surface area contributed by atoms with E-state index in [0.29, 0.717) is 19.6 Å². The van der Waals surface area contributed by atoms with Gasteiger partial charge in [-0.05, 0) is 69.6 Å². The van der Waals surface area contributed by atoms with Crippen LogP contribution in [0.5, 0.6) is 5.75 Å². The van der Waals surface area contributed by atoms with Crippen LogP contribution in [0.25, 0.3) is 0 Å². The normalized spacial score (nSPS) is 30.7. The maximum Gasteiger partial charge on any atom is 0.172 e. The van der Waals surface area contributed by atoms with Crippen LogP contribution in [-0.2, 0) is 16.0 Å². The van der Waals surface area contributed by atoms with Crippen LogP contribution in [0.2, 0.25) is 0 Å². The Morgan fingerprint density at radius 1 is 1.18 bits per heavy atom. The summed E-state index contributed by atoms with van der Waals surface area (Å²) in [5, 5.41) is 24.1. The van der Waals surface area contributed by atoms with E-state index >= 15 is 0 Å². The highest BCUT2D eigenvalue weighted by atomic mass is 79.9.